The lowest BCUT2D eigenvalue weighted by atomic mass is 9.79. The molecule has 0 atom stereocenters. The average Bonchev–Trinajstić information content (AvgIpc) is 2.76. The van der Waals surface area contributed by atoms with Crippen molar-refractivity contribution >= 4 is 0 Å². The van der Waals surface area contributed by atoms with Gasteiger partial charge in [0, 0.05) is 12.0 Å². The fraction of sp³-hybridized carbons (Fsp3) is 0.379. The molecule has 186 valence electrons. The minimum atomic E-state index is -4.00. The van der Waals surface area contributed by atoms with Crippen LogP contribution >= 0.6 is 0 Å². The molecule has 0 N–H and O–H groups in total. The summed E-state index contributed by atoms with van der Waals surface area (Å²) in [4.78, 5) is 0. The van der Waals surface area contributed by atoms with Crippen LogP contribution in [0.2, 0.25) is 0 Å². The number of alkyl halides is 2. The smallest absolute Gasteiger partial charge is 0.207 e. The van der Waals surface area contributed by atoms with E-state index in [0.717, 1.165) is 48.6 Å². The van der Waals surface area contributed by atoms with E-state index >= 15 is 0 Å². The molecule has 0 radical (unpaired) electrons. The first-order valence-corrected chi connectivity index (χ1v) is 11.9. The van der Waals surface area contributed by atoms with Crippen molar-refractivity contribution in [2.75, 3.05) is 0 Å². The van der Waals surface area contributed by atoms with Crippen molar-refractivity contribution in [3.63, 3.8) is 0 Å². The zero-order valence-electron chi connectivity index (χ0n) is 20.0. The number of aryl methyl sites for hydroxylation is 1. The zero-order chi connectivity index (χ0) is 25.5. The van der Waals surface area contributed by atoms with E-state index in [9.17, 15) is 26.3 Å². The summed E-state index contributed by atoms with van der Waals surface area (Å²) in [5, 5.41) is 0. The molecular weight excluding hydrogens is 462 g/mol. The Balaban J connectivity index is 1.62. The Morgan fingerprint density at radius 1 is 0.771 bits per heavy atom. The quantitative estimate of drug-likeness (QED) is 0.313. The molecule has 1 fully saturated rings. The molecule has 1 aliphatic rings. The van der Waals surface area contributed by atoms with E-state index in [1.807, 2.05) is 19.1 Å². The zero-order valence-corrected chi connectivity index (χ0v) is 20.0. The fourth-order valence-corrected chi connectivity index (χ4v) is 5.08. The molecule has 0 aromatic heterocycles. The van der Waals surface area contributed by atoms with Gasteiger partial charge < -0.3 is 0 Å². The van der Waals surface area contributed by atoms with Gasteiger partial charge in [-0.15, -0.1) is 0 Å². The molecule has 0 nitrogen and oxygen atoms in total. The topological polar surface area (TPSA) is 0 Å². The molecule has 35 heavy (non-hydrogen) atoms. The molecule has 1 aliphatic carbocycles. The Morgan fingerprint density at radius 2 is 1.34 bits per heavy atom. The first-order chi connectivity index (χ1) is 16.5. The van der Waals surface area contributed by atoms with Crippen molar-refractivity contribution in [3.05, 3.63) is 93.6 Å². The highest BCUT2D eigenvalue weighted by atomic mass is 19.3. The lowest BCUT2D eigenvalue weighted by molar-refractivity contribution is -0.0110. The van der Waals surface area contributed by atoms with Gasteiger partial charge in [-0.25, -0.2) is 26.3 Å². The molecule has 6 heteroatoms. The van der Waals surface area contributed by atoms with Crippen LogP contribution in [0.4, 0.5) is 26.3 Å². The van der Waals surface area contributed by atoms with E-state index in [-0.39, 0.29) is 16.7 Å². The van der Waals surface area contributed by atoms with Gasteiger partial charge in [-0.3, -0.25) is 0 Å². The van der Waals surface area contributed by atoms with Crippen LogP contribution in [0.25, 0.3) is 11.1 Å². The molecular formula is C29H28F6. The van der Waals surface area contributed by atoms with Gasteiger partial charge in [-0.2, -0.15) is 0 Å². The van der Waals surface area contributed by atoms with Gasteiger partial charge in [0.15, 0.2) is 0 Å². The highest BCUT2D eigenvalue weighted by Crippen LogP contribution is 2.40. The Kier molecular flexibility index (Phi) is 7.03. The molecule has 4 rings (SSSR count). The molecule has 0 unspecified atom stereocenters. The van der Waals surface area contributed by atoms with Crippen LogP contribution < -0.4 is 0 Å². The van der Waals surface area contributed by atoms with Gasteiger partial charge in [0.05, 0.1) is 5.56 Å². The van der Waals surface area contributed by atoms with Gasteiger partial charge in [-0.05, 0) is 90.6 Å². The molecule has 1 saturated carbocycles. The Bertz CT molecular complexity index is 1190. The van der Waals surface area contributed by atoms with E-state index < -0.39 is 41.2 Å². The van der Waals surface area contributed by atoms with Crippen molar-refractivity contribution in [2.45, 2.75) is 64.7 Å². The fourth-order valence-electron chi connectivity index (χ4n) is 5.08. The maximum atomic E-state index is 14.9. The van der Waals surface area contributed by atoms with Crippen LogP contribution in [0, 0.1) is 43.0 Å². The van der Waals surface area contributed by atoms with Gasteiger partial charge >= 0.3 is 0 Å². The van der Waals surface area contributed by atoms with Gasteiger partial charge in [0.2, 0.25) is 0 Å². The molecule has 0 spiro atoms. The Morgan fingerprint density at radius 3 is 1.89 bits per heavy atom. The third-order valence-corrected chi connectivity index (χ3v) is 7.22. The van der Waals surface area contributed by atoms with Gasteiger partial charge in [0.25, 0.3) is 5.92 Å². The van der Waals surface area contributed by atoms with Gasteiger partial charge in [0.1, 0.15) is 23.3 Å². The summed E-state index contributed by atoms with van der Waals surface area (Å²) in [5.74, 6) is -7.62. The molecule has 0 heterocycles. The second-order valence-corrected chi connectivity index (χ2v) is 9.91. The third-order valence-electron chi connectivity index (χ3n) is 7.22. The standard InChI is InChI=1S/C29H28F6/c1-16-4-6-20(7-5-16)21-8-9-23(17(2)10-21)22-13-26(32)28(27(33)14-22)29(34,35)15-19-11-24(30)18(3)25(31)12-19/h8-14,16,20H,4-7,15H2,1-3H3. The third kappa shape index (κ3) is 5.26. The summed E-state index contributed by atoms with van der Waals surface area (Å²) in [6, 6.07) is 9.05. The maximum absolute atomic E-state index is 14.9. The van der Waals surface area contributed by atoms with Crippen LogP contribution in [0.5, 0.6) is 0 Å². The molecule has 3 aromatic carbocycles. The summed E-state index contributed by atoms with van der Waals surface area (Å²) in [6.45, 7) is 5.26. The average molecular weight is 491 g/mol. The number of halogens is 6. The number of benzene rings is 3. The lowest BCUT2D eigenvalue weighted by Gasteiger charge is -2.27. The summed E-state index contributed by atoms with van der Waals surface area (Å²) in [5.41, 5.74) is 0.611. The van der Waals surface area contributed by atoms with E-state index in [2.05, 4.69) is 6.92 Å². The Hall–Kier alpha value is -2.76. The number of hydrogen-bond acceptors (Lipinski definition) is 0. The summed E-state index contributed by atoms with van der Waals surface area (Å²) in [6.07, 6.45) is 3.30. The molecule has 0 bridgehead atoms. The SMILES string of the molecule is Cc1cc(C2CCC(C)CC2)ccc1-c1cc(F)c(C(F)(F)Cc2cc(F)c(C)c(F)c2)c(F)c1. The minimum absolute atomic E-state index is 0.160. The van der Waals surface area contributed by atoms with Crippen molar-refractivity contribution in [3.8, 4) is 11.1 Å². The molecule has 0 aliphatic heterocycles. The summed E-state index contributed by atoms with van der Waals surface area (Å²) < 4.78 is 87.2. The first-order valence-electron chi connectivity index (χ1n) is 11.9. The van der Waals surface area contributed by atoms with Crippen LogP contribution in [-0.4, -0.2) is 0 Å². The monoisotopic (exact) mass is 490 g/mol. The largest absolute Gasteiger partial charge is 0.282 e. The summed E-state index contributed by atoms with van der Waals surface area (Å²) >= 11 is 0. The van der Waals surface area contributed by atoms with Crippen LogP contribution in [0.3, 0.4) is 0 Å². The van der Waals surface area contributed by atoms with Crippen molar-refractivity contribution in [1.29, 1.82) is 0 Å². The van der Waals surface area contributed by atoms with E-state index in [1.54, 1.807) is 6.07 Å². The Labute approximate surface area is 202 Å². The lowest BCUT2D eigenvalue weighted by Crippen LogP contribution is -2.21. The molecule has 0 saturated heterocycles. The van der Waals surface area contributed by atoms with Crippen LogP contribution in [0.1, 0.15) is 66.3 Å². The number of hydrogen-bond donors (Lipinski definition) is 0. The molecule has 3 aromatic rings. The summed E-state index contributed by atoms with van der Waals surface area (Å²) in [7, 11) is 0. The maximum Gasteiger partial charge on any atom is 0.282 e. The predicted octanol–water partition coefficient (Wildman–Crippen LogP) is 9.16. The van der Waals surface area contributed by atoms with Gasteiger partial charge in [-0.1, -0.05) is 38.0 Å². The minimum Gasteiger partial charge on any atom is -0.207 e. The second kappa shape index (κ2) is 9.71. The first kappa shape index (κ1) is 25.3. The number of rotatable bonds is 5. The normalized spacial score (nSPS) is 18.7. The van der Waals surface area contributed by atoms with Crippen molar-refractivity contribution in [2.24, 2.45) is 5.92 Å². The van der Waals surface area contributed by atoms with E-state index in [0.29, 0.717) is 11.5 Å². The van der Waals surface area contributed by atoms with E-state index in [4.69, 9.17) is 0 Å². The highest BCUT2D eigenvalue weighted by Gasteiger charge is 2.38. The predicted molar refractivity (Wildman–Crippen MR) is 126 cm³/mol. The second-order valence-electron chi connectivity index (χ2n) is 9.91. The van der Waals surface area contributed by atoms with E-state index in [1.165, 1.54) is 25.3 Å². The van der Waals surface area contributed by atoms with Crippen LogP contribution in [-0.2, 0) is 12.3 Å². The highest BCUT2D eigenvalue weighted by molar-refractivity contribution is 5.68. The van der Waals surface area contributed by atoms with Crippen LogP contribution in [0.15, 0.2) is 42.5 Å². The van der Waals surface area contributed by atoms with Crippen molar-refractivity contribution in [1.82, 2.24) is 0 Å². The molecule has 0 amide bonds. The van der Waals surface area contributed by atoms with Crippen molar-refractivity contribution < 1.29 is 26.3 Å².